The number of ether oxygens (including phenoxy) is 2. The van der Waals surface area contributed by atoms with Gasteiger partial charge in [0.1, 0.15) is 23.2 Å². The van der Waals surface area contributed by atoms with Crippen molar-refractivity contribution in [1.82, 2.24) is 4.57 Å². The zero-order valence-electron chi connectivity index (χ0n) is 15.4. The van der Waals surface area contributed by atoms with Crippen LogP contribution < -0.4 is 16.0 Å². The molecule has 1 saturated heterocycles. The van der Waals surface area contributed by atoms with E-state index in [1.165, 1.54) is 6.07 Å². The van der Waals surface area contributed by atoms with Crippen LogP contribution >= 0.6 is 0 Å². The molecule has 144 valence electrons. The van der Waals surface area contributed by atoms with Gasteiger partial charge in [-0.2, -0.15) is 5.26 Å². The average molecular weight is 381 g/mol. The van der Waals surface area contributed by atoms with E-state index in [0.717, 1.165) is 12.8 Å². The number of pyridine rings is 1. The Labute approximate surface area is 161 Å². The summed E-state index contributed by atoms with van der Waals surface area (Å²) in [5.41, 5.74) is 6.78. The lowest BCUT2D eigenvalue weighted by atomic mass is 9.83. The first kappa shape index (κ1) is 18.3. The van der Waals surface area contributed by atoms with Crippen molar-refractivity contribution in [3.63, 3.8) is 0 Å². The van der Waals surface area contributed by atoms with Crippen LogP contribution in [0, 0.1) is 24.1 Å². The number of benzene rings is 1. The van der Waals surface area contributed by atoms with Gasteiger partial charge in [0.25, 0.3) is 5.56 Å². The topological polar surface area (TPSA) is 90.3 Å². The summed E-state index contributed by atoms with van der Waals surface area (Å²) in [4.78, 5) is 13.4. The first-order chi connectivity index (χ1) is 13.5. The van der Waals surface area contributed by atoms with Crippen LogP contribution in [0.4, 0.5) is 4.39 Å². The summed E-state index contributed by atoms with van der Waals surface area (Å²) in [6.45, 7) is 2.89. The van der Waals surface area contributed by atoms with Crippen molar-refractivity contribution < 1.29 is 13.9 Å². The normalized spacial score (nSPS) is 21.2. The van der Waals surface area contributed by atoms with Crippen LogP contribution in [0.5, 0.6) is 5.75 Å². The number of nitrogens with two attached hydrogens (primary N) is 1. The second-order valence-corrected chi connectivity index (χ2v) is 7.06. The van der Waals surface area contributed by atoms with Gasteiger partial charge in [-0.15, -0.1) is 0 Å². The Kier molecular flexibility index (Phi) is 4.65. The molecular formula is C21H20FN3O3. The Morgan fingerprint density at radius 1 is 1.39 bits per heavy atom. The Morgan fingerprint density at radius 3 is 2.86 bits per heavy atom. The van der Waals surface area contributed by atoms with E-state index in [2.05, 4.69) is 0 Å². The molecule has 0 amide bonds. The Balaban J connectivity index is 1.92. The standard InChI is InChI=1S/C21H20FN3O3/c1-12-9-17-19(21(26)25(12)11-13-5-4-8-27-13)18(15(10-23)20(24)28-17)14-6-2-3-7-16(14)22/h2-3,6-7,9,13,18H,4-5,8,11,24H2,1H3/t13-,18+/m0/s1. The number of rotatable bonds is 3. The van der Waals surface area contributed by atoms with Crippen LogP contribution in [0.25, 0.3) is 0 Å². The van der Waals surface area contributed by atoms with E-state index < -0.39 is 11.7 Å². The molecule has 2 N–H and O–H groups in total. The minimum Gasteiger partial charge on any atom is -0.440 e. The lowest BCUT2D eigenvalue weighted by molar-refractivity contribution is 0.0954. The van der Waals surface area contributed by atoms with Gasteiger partial charge in [-0.1, -0.05) is 18.2 Å². The molecule has 6 nitrogen and oxygen atoms in total. The lowest BCUT2D eigenvalue weighted by Gasteiger charge is -2.28. The number of hydrogen-bond donors (Lipinski definition) is 1. The predicted octanol–water partition coefficient (Wildman–Crippen LogP) is 2.69. The third kappa shape index (κ3) is 2.96. The van der Waals surface area contributed by atoms with Gasteiger partial charge in [0.05, 0.1) is 24.1 Å². The summed E-state index contributed by atoms with van der Waals surface area (Å²) in [5.74, 6) is -1.28. The van der Waals surface area contributed by atoms with E-state index in [1.54, 1.807) is 35.8 Å². The zero-order valence-corrected chi connectivity index (χ0v) is 15.4. The van der Waals surface area contributed by atoms with Gasteiger partial charge in [0.15, 0.2) is 0 Å². The van der Waals surface area contributed by atoms with E-state index in [0.29, 0.717) is 18.8 Å². The quantitative estimate of drug-likeness (QED) is 0.883. The van der Waals surface area contributed by atoms with Crippen molar-refractivity contribution in [2.24, 2.45) is 5.73 Å². The molecular weight excluding hydrogens is 361 g/mol. The molecule has 1 fully saturated rings. The highest BCUT2D eigenvalue weighted by molar-refractivity contribution is 5.55. The molecule has 0 spiro atoms. The molecule has 0 unspecified atom stereocenters. The van der Waals surface area contributed by atoms with Crippen molar-refractivity contribution in [1.29, 1.82) is 5.26 Å². The minimum absolute atomic E-state index is 0.0298. The van der Waals surface area contributed by atoms with Crippen LogP contribution in [-0.2, 0) is 11.3 Å². The summed E-state index contributed by atoms with van der Waals surface area (Å²) >= 11 is 0. The number of aromatic nitrogens is 1. The van der Waals surface area contributed by atoms with Crippen LogP contribution in [0.2, 0.25) is 0 Å². The molecule has 7 heteroatoms. The molecule has 0 bridgehead atoms. The van der Waals surface area contributed by atoms with Crippen molar-refractivity contribution in [3.8, 4) is 11.8 Å². The number of hydrogen-bond acceptors (Lipinski definition) is 5. The van der Waals surface area contributed by atoms with Gasteiger partial charge in [0, 0.05) is 23.9 Å². The van der Waals surface area contributed by atoms with E-state index in [9.17, 15) is 14.4 Å². The van der Waals surface area contributed by atoms with Crippen LogP contribution in [0.15, 0.2) is 46.6 Å². The average Bonchev–Trinajstić information content (AvgIpc) is 3.18. The van der Waals surface area contributed by atoms with Crippen LogP contribution in [0.3, 0.4) is 0 Å². The minimum atomic E-state index is -0.918. The van der Waals surface area contributed by atoms with Gasteiger partial charge in [-0.25, -0.2) is 4.39 Å². The molecule has 4 rings (SSSR count). The Hall–Kier alpha value is -3.11. The van der Waals surface area contributed by atoms with E-state index in [1.807, 2.05) is 6.07 Å². The number of nitriles is 1. The molecule has 1 aromatic carbocycles. The smallest absolute Gasteiger partial charge is 0.258 e. The molecule has 2 atom stereocenters. The molecule has 28 heavy (non-hydrogen) atoms. The Morgan fingerprint density at radius 2 is 2.18 bits per heavy atom. The van der Waals surface area contributed by atoms with Gasteiger partial charge >= 0.3 is 0 Å². The highest BCUT2D eigenvalue weighted by Crippen LogP contribution is 2.41. The number of aryl methyl sites for hydroxylation is 1. The molecule has 3 heterocycles. The highest BCUT2D eigenvalue weighted by atomic mass is 19.1. The van der Waals surface area contributed by atoms with Gasteiger partial charge in [-0.05, 0) is 25.8 Å². The molecule has 1 aromatic heterocycles. The van der Waals surface area contributed by atoms with E-state index >= 15 is 0 Å². The van der Waals surface area contributed by atoms with Gasteiger partial charge < -0.3 is 19.8 Å². The number of nitrogens with zero attached hydrogens (tertiary/aromatic N) is 2. The molecule has 0 aliphatic carbocycles. The molecule has 2 aliphatic heterocycles. The second kappa shape index (κ2) is 7.13. The maximum Gasteiger partial charge on any atom is 0.258 e. The molecule has 0 saturated carbocycles. The molecule has 0 radical (unpaired) electrons. The fourth-order valence-corrected chi connectivity index (χ4v) is 3.93. The summed E-state index contributed by atoms with van der Waals surface area (Å²) in [5, 5.41) is 9.64. The monoisotopic (exact) mass is 381 g/mol. The molecule has 2 aromatic rings. The second-order valence-electron chi connectivity index (χ2n) is 7.06. The van der Waals surface area contributed by atoms with Crippen molar-refractivity contribution in [2.75, 3.05) is 6.61 Å². The maximum absolute atomic E-state index is 14.6. The van der Waals surface area contributed by atoms with Crippen molar-refractivity contribution in [3.05, 3.63) is 74.8 Å². The first-order valence-corrected chi connectivity index (χ1v) is 9.19. The zero-order chi connectivity index (χ0) is 19.8. The summed E-state index contributed by atoms with van der Waals surface area (Å²) in [6, 6.07) is 9.79. The largest absolute Gasteiger partial charge is 0.440 e. The summed E-state index contributed by atoms with van der Waals surface area (Å²) < 4.78 is 27.5. The lowest BCUT2D eigenvalue weighted by Crippen LogP contribution is -2.35. The molecule has 2 aliphatic rings. The van der Waals surface area contributed by atoms with Crippen molar-refractivity contribution in [2.45, 2.75) is 38.3 Å². The predicted molar refractivity (Wildman–Crippen MR) is 100 cm³/mol. The summed E-state index contributed by atoms with van der Waals surface area (Å²) in [6.07, 6.45) is 1.80. The fourth-order valence-electron chi connectivity index (χ4n) is 3.93. The van der Waals surface area contributed by atoms with Crippen molar-refractivity contribution >= 4 is 0 Å². The van der Waals surface area contributed by atoms with Crippen LogP contribution in [-0.4, -0.2) is 17.3 Å². The number of halogens is 1. The summed E-state index contributed by atoms with van der Waals surface area (Å²) in [7, 11) is 0. The maximum atomic E-state index is 14.6. The fraction of sp³-hybridized carbons (Fsp3) is 0.333. The van der Waals surface area contributed by atoms with Gasteiger partial charge in [0.2, 0.25) is 5.88 Å². The van der Waals surface area contributed by atoms with E-state index in [-0.39, 0.29) is 40.0 Å². The first-order valence-electron chi connectivity index (χ1n) is 9.19. The third-order valence-electron chi connectivity index (χ3n) is 5.32. The van der Waals surface area contributed by atoms with Gasteiger partial charge in [-0.3, -0.25) is 4.79 Å². The third-order valence-corrected chi connectivity index (χ3v) is 5.32. The number of fused-ring (bicyclic) bond motifs is 1. The Bertz CT molecular complexity index is 1060. The highest BCUT2D eigenvalue weighted by Gasteiger charge is 2.36. The number of allylic oxidation sites excluding steroid dienone is 1. The SMILES string of the molecule is Cc1cc2c(c(=O)n1C[C@@H]1CCCO1)[C@H](c1ccccc1F)C(C#N)=C(N)O2. The van der Waals surface area contributed by atoms with E-state index in [4.69, 9.17) is 15.2 Å². The van der Waals surface area contributed by atoms with Crippen LogP contribution in [0.1, 0.15) is 35.6 Å².